The lowest BCUT2D eigenvalue weighted by Gasteiger charge is -2.24. The first-order valence-electron chi connectivity index (χ1n) is 5.00. The predicted octanol–water partition coefficient (Wildman–Crippen LogP) is 2.53. The van der Waals surface area contributed by atoms with E-state index in [4.69, 9.17) is 0 Å². The zero-order valence-corrected chi connectivity index (χ0v) is 8.66. The van der Waals surface area contributed by atoms with Crippen molar-refractivity contribution in [3.8, 4) is 12.8 Å². The van der Waals surface area contributed by atoms with Gasteiger partial charge in [-0.05, 0) is 37.4 Å². The molecule has 2 rings (SSSR count). The third kappa shape index (κ3) is 2.16. The Hall–Kier alpha value is -1.26. The van der Waals surface area contributed by atoms with E-state index < -0.39 is 0 Å². The van der Waals surface area contributed by atoms with Gasteiger partial charge in [0.15, 0.2) is 0 Å². The molecule has 14 heavy (non-hydrogen) atoms. The first-order valence-corrected chi connectivity index (χ1v) is 5.00. The van der Waals surface area contributed by atoms with Crippen LogP contribution in [-0.4, -0.2) is 7.05 Å². The minimum absolute atomic E-state index is 0.593. The molecule has 0 heterocycles. The molecule has 0 saturated heterocycles. The van der Waals surface area contributed by atoms with Crippen molar-refractivity contribution in [3.63, 3.8) is 0 Å². The molecule has 0 aromatic heterocycles. The van der Waals surface area contributed by atoms with Gasteiger partial charge in [0.1, 0.15) is 0 Å². The Kier molecular flexibility index (Phi) is 4.22. The maximum absolute atomic E-state index is 4.00. The molecule has 1 heteroatoms. The number of hydrogen-bond donors (Lipinski definition) is 1. The quantitative estimate of drug-likeness (QED) is 0.666. The van der Waals surface area contributed by atoms with Crippen molar-refractivity contribution < 1.29 is 0 Å². The average Bonchev–Trinajstić information content (AvgIpc) is 2.31. The van der Waals surface area contributed by atoms with Crippen LogP contribution in [0.2, 0.25) is 0 Å². The van der Waals surface area contributed by atoms with Crippen molar-refractivity contribution in [2.24, 2.45) is 0 Å². The van der Waals surface area contributed by atoms with Crippen LogP contribution in [0.3, 0.4) is 0 Å². The van der Waals surface area contributed by atoms with Crippen molar-refractivity contribution in [1.82, 2.24) is 5.32 Å². The summed E-state index contributed by atoms with van der Waals surface area (Å²) in [6.07, 6.45) is 11.9. The molecule has 1 nitrogen and oxygen atoms in total. The van der Waals surface area contributed by atoms with Crippen LogP contribution < -0.4 is 5.32 Å². The van der Waals surface area contributed by atoms with E-state index in [2.05, 4.69) is 42.4 Å². The van der Waals surface area contributed by atoms with Gasteiger partial charge >= 0.3 is 0 Å². The highest BCUT2D eigenvalue weighted by molar-refractivity contribution is 5.31. The second-order valence-corrected chi connectivity index (χ2v) is 3.43. The second-order valence-electron chi connectivity index (χ2n) is 3.43. The third-order valence-electron chi connectivity index (χ3n) is 2.72. The van der Waals surface area contributed by atoms with E-state index in [0.29, 0.717) is 6.04 Å². The first kappa shape index (κ1) is 10.8. The van der Waals surface area contributed by atoms with Gasteiger partial charge in [0, 0.05) is 6.04 Å². The predicted molar refractivity (Wildman–Crippen MR) is 61.1 cm³/mol. The largest absolute Gasteiger partial charge is 0.313 e. The summed E-state index contributed by atoms with van der Waals surface area (Å²) in [5.41, 5.74) is 3.04. The highest BCUT2D eigenvalue weighted by Gasteiger charge is 2.16. The van der Waals surface area contributed by atoms with Crippen molar-refractivity contribution >= 4 is 0 Å². The van der Waals surface area contributed by atoms with Gasteiger partial charge in [-0.15, -0.1) is 12.8 Å². The fourth-order valence-electron chi connectivity index (χ4n) is 2.05. The van der Waals surface area contributed by atoms with Crippen molar-refractivity contribution in [3.05, 3.63) is 35.4 Å². The van der Waals surface area contributed by atoms with Crippen LogP contribution in [0.15, 0.2) is 24.3 Å². The number of nitrogens with one attached hydrogen (secondary N) is 1. The van der Waals surface area contributed by atoms with Crippen molar-refractivity contribution in [2.75, 3.05) is 7.05 Å². The summed E-state index contributed by atoms with van der Waals surface area (Å²) in [5.74, 6) is 0. The van der Waals surface area contributed by atoms with E-state index in [9.17, 15) is 0 Å². The van der Waals surface area contributed by atoms with Crippen LogP contribution in [0.5, 0.6) is 0 Å². The van der Waals surface area contributed by atoms with Crippen LogP contribution in [0.25, 0.3) is 0 Å². The van der Waals surface area contributed by atoms with E-state index in [1.54, 1.807) is 0 Å². The molecule has 1 aromatic carbocycles. The van der Waals surface area contributed by atoms with Gasteiger partial charge in [0.2, 0.25) is 0 Å². The summed E-state index contributed by atoms with van der Waals surface area (Å²) in [4.78, 5) is 0. The molecule has 0 saturated carbocycles. The Labute approximate surface area is 86.5 Å². The van der Waals surface area contributed by atoms with E-state index >= 15 is 0 Å². The number of benzene rings is 1. The minimum atomic E-state index is 0.593. The smallest absolute Gasteiger partial charge is 0.0320 e. The highest BCUT2D eigenvalue weighted by Crippen LogP contribution is 2.28. The Morgan fingerprint density at radius 3 is 2.71 bits per heavy atom. The molecule has 1 unspecified atom stereocenters. The molecular weight excluding hydrogens is 170 g/mol. The maximum atomic E-state index is 4.00. The normalized spacial score (nSPS) is 18.9. The zero-order valence-electron chi connectivity index (χ0n) is 8.66. The summed E-state index contributed by atoms with van der Waals surface area (Å²) < 4.78 is 0. The molecular formula is C13H17N. The van der Waals surface area contributed by atoms with Gasteiger partial charge in [0.05, 0.1) is 0 Å². The molecule has 0 amide bonds. The monoisotopic (exact) mass is 187 g/mol. The van der Waals surface area contributed by atoms with Gasteiger partial charge in [0.25, 0.3) is 0 Å². The summed E-state index contributed by atoms with van der Waals surface area (Å²) in [6, 6.07) is 9.36. The van der Waals surface area contributed by atoms with Crippen molar-refractivity contribution in [2.45, 2.75) is 25.3 Å². The highest BCUT2D eigenvalue weighted by atomic mass is 14.9. The van der Waals surface area contributed by atoms with Gasteiger partial charge < -0.3 is 5.32 Å². The maximum Gasteiger partial charge on any atom is 0.0320 e. The summed E-state index contributed by atoms with van der Waals surface area (Å²) in [7, 11) is 2.05. The lowest BCUT2D eigenvalue weighted by atomic mass is 9.88. The number of terminal acetylenes is 1. The number of aryl methyl sites for hydroxylation is 1. The number of rotatable bonds is 1. The average molecular weight is 187 g/mol. The van der Waals surface area contributed by atoms with Gasteiger partial charge in [-0.1, -0.05) is 24.3 Å². The van der Waals surface area contributed by atoms with Crippen molar-refractivity contribution in [1.29, 1.82) is 0 Å². The Morgan fingerprint density at radius 1 is 1.29 bits per heavy atom. The Bertz CT molecular complexity index is 301. The van der Waals surface area contributed by atoms with Crippen LogP contribution in [0.1, 0.15) is 30.0 Å². The van der Waals surface area contributed by atoms with Crippen LogP contribution in [-0.2, 0) is 6.42 Å². The molecule has 1 atom stereocenters. The van der Waals surface area contributed by atoms with E-state index in [1.807, 2.05) is 7.05 Å². The third-order valence-corrected chi connectivity index (χ3v) is 2.72. The topological polar surface area (TPSA) is 12.0 Å². The fraction of sp³-hybridized carbons (Fsp3) is 0.385. The Morgan fingerprint density at radius 2 is 2.00 bits per heavy atom. The first-order chi connectivity index (χ1) is 6.92. The van der Waals surface area contributed by atoms with Gasteiger partial charge in [-0.25, -0.2) is 0 Å². The summed E-state index contributed by atoms with van der Waals surface area (Å²) in [6.45, 7) is 0. The minimum Gasteiger partial charge on any atom is -0.313 e. The molecule has 1 aliphatic carbocycles. The van der Waals surface area contributed by atoms with Gasteiger partial charge in [-0.3, -0.25) is 0 Å². The van der Waals surface area contributed by atoms with E-state index in [0.717, 1.165) is 0 Å². The summed E-state index contributed by atoms with van der Waals surface area (Å²) >= 11 is 0. The van der Waals surface area contributed by atoms with E-state index in [1.165, 1.54) is 30.4 Å². The van der Waals surface area contributed by atoms with Crippen LogP contribution in [0.4, 0.5) is 0 Å². The molecule has 0 radical (unpaired) electrons. The molecule has 0 fully saturated rings. The SMILES string of the molecule is C#C.CNC1CCCc2ccccc21. The lowest BCUT2D eigenvalue weighted by molar-refractivity contribution is 0.496. The molecule has 1 aromatic rings. The fourth-order valence-corrected chi connectivity index (χ4v) is 2.05. The standard InChI is InChI=1S/C11H15N.C2H2/c1-12-11-8-4-6-9-5-2-3-7-10(9)11;1-2/h2-3,5,7,11-12H,4,6,8H2,1H3;1-2H. The van der Waals surface area contributed by atoms with Crippen LogP contribution >= 0.6 is 0 Å². The van der Waals surface area contributed by atoms with E-state index in [-0.39, 0.29) is 0 Å². The number of fused-ring (bicyclic) bond motifs is 1. The molecule has 1 aliphatic rings. The molecule has 1 N–H and O–H groups in total. The number of hydrogen-bond acceptors (Lipinski definition) is 1. The molecule has 74 valence electrons. The molecule has 0 bridgehead atoms. The summed E-state index contributed by atoms with van der Waals surface area (Å²) in [5, 5.41) is 3.36. The van der Waals surface area contributed by atoms with Crippen LogP contribution in [0, 0.1) is 12.8 Å². The molecule has 0 aliphatic heterocycles. The second kappa shape index (κ2) is 5.47. The molecule has 0 spiro atoms. The lowest BCUT2D eigenvalue weighted by Crippen LogP contribution is -2.21. The van der Waals surface area contributed by atoms with Gasteiger partial charge in [-0.2, -0.15) is 0 Å². The Balaban J connectivity index is 0.000000461. The zero-order chi connectivity index (χ0) is 10.4.